The van der Waals surface area contributed by atoms with Gasteiger partial charge in [0.25, 0.3) is 5.56 Å². The maximum atomic E-state index is 13.8. The van der Waals surface area contributed by atoms with Crippen molar-refractivity contribution in [3.8, 4) is 11.5 Å². The Morgan fingerprint density at radius 2 is 1.92 bits per heavy atom. The highest BCUT2D eigenvalue weighted by Crippen LogP contribution is 2.34. The summed E-state index contributed by atoms with van der Waals surface area (Å²) in [5.74, 6) is 0.815. The van der Waals surface area contributed by atoms with Gasteiger partial charge in [-0.25, -0.2) is 9.79 Å². The summed E-state index contributed by atoms with van der Waals surface area (Å²) in [6.07, 6.45) is 1.80. The topological polar surface area (TPSA) is 79.1 Å². The Kier molecular flexibility index (Phi) is 8.40. The summed E-state index contributed by atoms with van der Waals surface area (Å²) >= 11 is 8.27. The Balaban J connectivity index is 1.93. The highest BCUT2D eigenvalue weighted by Gasteiger charge is 2.33. The van der Waals surface area contributed by atoms with Crippen LogP contribution in [0.1, 0.15) is 44.9 Å². The summed E-state index contributed by atoms with van der Waals surface area (Å²) in [5, 5.41) is 0. The smallest absolute Gasteiger partial charge is 0.338 e. The fraction of sp³-hybridized carbons (Fsp3) is 0.296. The van der Waals surface area contributed by atoms with Gasteiger partial charge in [0, 0.05) is 10.0 Å². The minimum absolute atomic E-state index is 0.0239. The van der Waals surface area contributed by atoms with E-state index in [4.69, 9.17) is 14.2 Å². The molecule has 0 bridgehead atoms. The zero-order valence-electron chi connectivity index (χ0n) is 21.0. The molecule has 1 aliphatic rings. The molecular formula is C27H26Br2N2O5S. The van der Waals surface area contributed by atoms with E-state index in [1.165, 1.54) is 11.3 Å². The Morgan fingerprint density at radius 1 is 1.22 bits per heavy atom. The van der Waals surface area contributed by atoms with Crippen LogP contribution in [0.15, 0.2) is 66.4 Å². The van der Waals surface area contributed by atoms with Crippen LogP contribution in [0.5, 0.6) is 11.5 Å². The van der Waals surface area contributed by atoms with Crippen molar-refractivity contribution in [2.45, 2.75) is 39.8 Å². The van der Waals surface area contributed by atoms with Crippen LogP contribution < -0.4 is 24.4 Å². The summed E-state index contributed by atoms with van der Waals surface area (Å²) < 4.78 is 20.3. The molecule has 0 N–H and O–H groups in total. The molecule has 37 heavy (non-hydrogen) atoms. The van der Waals surface area contributed by atoms with Crippen molar-refractivity contribution < 1.29 is 19.0 Å². The maximum Gasteiger partial charge on any atom is 0.338 e. The van der Waals surface area contributed by atoms with Crippen molar-refractivity contribution in [1.29, 1.82) is 0 Å². The molecule has 2 aromatic carbocycles. The molecule has 1 aliphatic heterocycles. The first kappa shape index (κ1) is 27.3. The molecule has 194 valence electrons. The molecule has 0 amide bonds. The molecule has 0 unspecified atom stereocenters. The minimum atomic E-state index is -0.693. The van der Waals surface area contributed by atoms with Crippen LogP contribution >= 0.6 is 43.2 Å². The Hall–Kier alpha value is -2.69. The van der Waals surface area contributed by atoms with Crippen LogP contribution in [0, 0.1) is 0 Å². The predicted molar refractivity (Wildman–Crippen MR) is 151 cm³/mol. The third kappa shape index (κ3) is 5.61. The fourth-order valence-corrected chi connectivity index (χ4v) is 6.61. The van der Waals surface area contributed by atoms with Crippen LogP contribution in [0.25, 0.3) is 6.08 Å². The second kappa shape index (κ2) is 11.4. The molecular weight excluding hydrogens is 624 g/mol. The number of ether oxygens (including phenoxy) is 3. The Bertz CT molecular complexity index is 1560. The van der Waals surface area contributed by atoms with Gasteiger partial charge >= 0.3 is 5.97 Å². The van der Waals surface area contributed by atoms with Gasteiger partial charge in [0.2, 0.25) is 0 Å². The molecule has 0 spiro atoms. The summed E-state index contributed by atoms with van der Waals surface area (Å²) in [4.78, 5) is 32.0. The molecule has 10 heteroatoms. The summed E-state index contributed by atoms with van der Waals surface area (Å²) in [6, 6.07) is 10.5. The number of methoxy groups -OCH3 is 1. The van der Waals surface area contributed by atoms with Crippen LogP contribution in [0.3, 0.4) is 0 Å². The van der Waals surface area contributed by atoms with E-state index >= 15 is 0 Å². The second-order valence-corrected chi connectivity index (χ2v) is 11.3. The highest BCUT2D eigenvalue weighted by atomic mass is 79.9. The predicted octanol–water partition coefficient (Wildman–Crippen LogP) is 5.12. The molecule has 4 rings (SSSR count). The maximum absolute atomic E-state index is 13.8. The van der Waals surface area contributed by atoms with E-state index in [0.29, 0.717) is 32.1 Å². The minimum Gasteiger partial charge on any atom is -0.495 e. The molecule has 0 aliphatic carbocycles. The average molecular weight is 650 g/mol. The van der Waals surface area contributed by atoms with Gasteiger partial charge in [-0.2, -0.15) is 0 Å². The van der Waals surface area contributed by atoms with Crippen molar-refractivity contribution >= 4 is 55.2 Å². The number of fused-ring (bicyclic) bond motifs is 1. The number of allylic oxidation sites excluding steroid dienone is 1. The van der Waals surface area contributed by atoms with E-state index in [1.807, 2.05) is 50.2 Å². The van der Waals surface area contributed by atoms with Crippen LogP contribution in [0.2, 0.25) is 0 Å². The number of aromatic nitrogens is 1. The van der Waals surface area contributed by atoms with E-state index in [0.717, 1.165) is 20.1 Å². The second-order valence-electron chi connectivity index (χ2n) is 8.55. The first-order valence-electron chi connectivity index (χ1n) is 11.6. The molecule has 0 saturated carbocycles. The van der Waals surface area contributed by atoms with Gasteiger partial charge < -0.3 is 14.2 Å². The summed E-state index contributed by atoms with van der Waals surface area (Å²) in [5.41, 5.74) is 2.07. The normalized spacial score (nSPS) is 15.5. The van der Waals surface area contributed by atoms with E-state index in [2.05, 4.69) is 36.9 Å². The Morgan fingerprint density at radius 3 is 2.54 bits per heavy atom. The van der Waals surface area contributed by atoms with Gasteiger partial charge in [-0.05, 0) is 79.5 Å². The SMILES string of the molecule is CCOC(=O)C1=C(C)N=c2s/c(=C\c3cc(Br)cc(Br)c3OC)c(=O)n2[C@H]1c1ccc(OC(C)C)cc1. The number of hydrogen-bond donors (Lipinski definition) is 0. The molecule has 0 radical (unpaired) electrons. The molecule has 0 saturated heterocycles. The first-order valence-corrected chi connectivity index (χ1v) is 14.0. The third-order valence-corrected chi connectivity index (χ3v) is 7.64. The lowest BCUT2D eigenvalue weighted by Crippen LogP contribution is -2.39. The van der Waals surface area contributed by atoms with Crippen LogP contribution in [-0.2, 0) is 9.53 Å². The van der Waals surface area contributed by atoms with Gasteiger partial charge in [-0.1, -0.05) is 39.4 Å². The van der Waals surface area contributed by atoms with Gasteiger partial charge in [0.05, 0.1) is 46.1 Å². The zero-order valence-corrected chi connectivity index (χ0v) is 25.0. The van der Waals surface area contributed by atoms with Gasteiger partial charge in [-0.3, -0.25) is 9.36 Å². The molecule has 2 heterocycles. The quantitative estimate of drug-likeness (QED) is 0.332. The first-order chi connectivity index (χ1) is 17.6. The number of carbonyl (C=O) groups excluding carboxylic acids is 1. The molecule has 1 atom stereocenters. The van der Waals surface area contributed by atoms with Gasteiger partial charge in [0.15, 0.2) is 4.80 Å². The van der Waals surface area contributed by atoms with E-state index < -0.39 is 12.0 Å². The summed E-state index contributed by atoms with van der Waals surface area (Å²) in [7, 11) is 1.58. The number of esters is 1. The lowest BCUT2D eigenvalue weighted by molar-refractivity contribution is -0.139. The highest BCUT2D eigenvalue weighted by molar-refractivity contribution is 9.11. The lowest BCUT2D eigenvalue weighted by atomic mass is 9.96. The van der Waals surface area contributed by atoms with E-state index in [-0.39, 0.29) is 18.3 Å². The summed E-state index contributed by atoms with van der Waals surface area (Å²) in [6.45, 7) is 7.64. The largest absolute Gasteiger partial charge is 0.495 e. The molecule has 0 fully saturated rings. The fourth-order valence-electron chi connectivity index (χ4n) is 4.15. The zero-order chi connectivity index (χ0) is 26.9. The van der Waals surface area contributed by atoms with E-state index in [9.17, 15) is 9.59 Å². The van der Waals surface area contributed by atoms with Crippen molar-refractivity contribution in [1.82, 2.24) is 4.57 Å². The lowest BCUT2D eigenvalue weighted by Gasteiger charge is -2.25. The van der Waals surface area contributed by atoms with Gasteiger partial charge in [-0.15, -0.1) is 0 Å². The van der Waals surface area contributed by atoms with E-state index in [1.54, 1.807) is 31.6 Å². The number of nitrogens with zero attached hydrogens (tertiary/aromatic N) is 2. The molecule has 7 nitrogen and oxygen atoms in total. The van der Waals surface area contributed by atoms with Crippen molar-refractivity contribution in [2.75, 3.05) is 13.7 Å². The number of halogens is 2. The number of rotatable bonds is 7. The monoisotopic (exact) mass is 648 g/mol. The van der Waals surface area contributed by atoms with Gasteiger partial charge in [0.1, 0.15) is 11.5 Å². The number of carbonyl (C=O) groups is 1. The van der Waals surface area contributed by atoms with Crippen molar-refractivity contribution in [3.63, 3.8) is 0 Å². The van der Waals surface area contributed by atoms with Crippen molar-refractivity contribution in [3.05, 3.63) is 87.4 Å². The van der Waals surface area contributed by atoms with Crippen LogP contribution in [-0.4, -0.2) is 30.4 Å². The van der Waals surface area contributed by atoms with Crippen LogP contribution in [0.4, 0.5) is 0 Å². The number of benzene rings is 2. The molecule has 3 aromatic rings. The standard InChI is InChI=1S/C27H26Br2N2O5S/c1-6-35-26(33)22-15(4)30-27-31(23(22)16-7-9-19(10-8-16)36-14(2)3)25(32)21(37-27)12-17-11-18(28)13-20(29)24(17)34-5/h7-14,23H,6H2,1-5H3/b21-12-/t23-/m0/s1. The Labute approximate surface area is 235 Å². The van der Waals surface area contributed by atoms with Crippen molar-refractivity contribution in [2.24, 2.45) is 4.99 Å². The average Bonchev–Trinajstić information content (AvgIpc) is 3.12. The molecule has 1 aromatic heterocycles. The number of hydrogen-bond acceptors (Lipinski definition) is 7. The third-order valence-electron chi connectivity index (χ3n) is 5.61. The number of thiazole rings is 1.